The first-order valence-corrected chi connectivity index (χ1v) is 11.9. The van der Waals surface area contributed by atoms with Crippen LogP contribution in [-0.2, 0) is 6.54 Å². The fraction of sp³-hybridized carbons (Fsp3) is 0.280. The fourth-order valence-electron chi connectivity index (χ4n) is 4.63. The van der Waals surface area contributed by atoms with E-state index in [2.05, 4.69) is 27.4 Å². The maximum Gasteiger partial charge on any atom is 0.268 e. The monoisotopic (exact) mass is 445 g/mol. The third-order valence-electron chi connectivity index (χ3n) is 6.44. The molecule has 7 heteroatoms. The van der Waals surface area contributed by atoms with Crippen LogP contribution in [0.1, 0.15) is 47.3 Å². The van der Waals surface area contributed by atoms with E-state index in [0.717, 1.165) is 36.6 Å². The van der Waals surface area contributed by atoms with Crippen molar-refractivity contribution in [3.63, 3.8) is 0 Å². The predicted molar refractivity (Wildman–Crippen MR) is 132 cm³/mol. The highest BCUT2D eigenvalue weighted by molar-refractivity contribution is 7.17. The summed E-state index contributed by atoms with van der Waals surface area (Å²) in [5.74, 6) is -0.0456. The second kappa shape index (κ2) is 8.41. The molecule has 0 aliphatic heterocycles. The van der Waals surface area contributed by atoms with Gasteiger partial charge in [0, 0.05) is 39.8 Å². The molecule has 0 saturated heterocycles. The molecule has 32 heavy (non-hydrogen) atoms. The number of hydrogen-bond donors (Lipinski definition) is 4. The number of thiophene rings is 1. The Morgan fingerprint density at radius 1 is 1.12 bits per heavy atom. The summed E-state index contributed by atoms with van der Waals surface area (Å²) in [7, 11) is 0. The summed E-state index contributed by atoms with van der Waals surface area (Å²) in [6.45, 7) is 0.577. The summed E-state index contributed by atoms with van der Waals surface area (Å²) in [6, 6.07) is 16.3. The highest BCUT2D eigenvalue weighted by atomic mass is 32.1. The van der Waals surface area contributed by atoms with E-state index in [1.165, 1.54) is 15.6 Å². The molecule has 2 aromatic carbocycles. The SMILES string of the molecule is N=C(N)c1ccc2cc(C(=O)NC3CCC(N)CC3)n(Cc3csc4ccccc34)c2c1. The molecule has 1 saturated carbocycles. The minimum Gasteiger partial charge on any atom is -0.384 e. The zero-order valence-electron chi connectivity index (χ0n) is 17.8. The van der Waals surface area contributed by atoms with Crippen LogP contribution < -0.4 is 16.8 Å². The Hall–Kier alpha value is -3.16. The van der Waals surface area contributed by atoms with Crippen LogP contribution in [0.2, 0.25) is 0 Å². The number of nitrogens with zero attached hydrogens (tertiary/aromatic N) is 1. The van der Waals surface area contributed by atoms with E-state index in [0.29, 0.717) is 17.8 Å². The summed E-state index contributed by atoms with van der Waals surface area (Å²) >= 11 is 1.71. The molecule has 6 N–H and O–H groups in total. The van der Waals surface area contributed by atoms with E-state index in [9.17, 15) is 4.79 Å². The van der Waals surface area contributed by atoms with Gasteiger partial charge in [-0.15, -0.1) is 11.3 Å². The van der Waals surface area contributed by atoms with Crippen LogP contribution in [0.25, 0.3) is 21.0 Å². The Morgan fingerprint density at radius 2 is 1.91 bits per heavy atom. The molecule has 0 radical (unpaired) electrons. The highest BCUT2D eigenvalue weighted by Gasteiger charge is 2.23. The molecular formula is C25H27N5OS. The maximum atomic E-state index is 13.4. The van der Waals surface area contributed by atoms with E-state index in [1.54, 1.807) is 11.3 Å². The van der Waals surface area contributed by atoms with Crippen LogP contribution in [0.4, 0.5) is 0 Å². The summed E-state index contributed by atoms with van der Waals surface area (Å²) < 4.78 is 3.29. The van der Waals surface area contributed by atoms with Gasteiger partial charge in [-0.1, -0.05) is 30.3 Å². The maximum absolute atomic E-state index is 13.4. The van der Waals surface area contributed by atoms with Crippen molar-refractivity contribution in [3.8, 4) is 0 Å². The van der Waals surface area contributed by atoms with Gasteiger partial charge in [0.1, 0.15) is 11.5 Å². The summed E-state index contributed by atoms with van der Waals surface area (Å²) in [6.07, 6.45) is 3.71. The van der Waals surface area contributed by atoms with Crippen molar-refractivity contribution in [2.24, 2.45) is 11.5 Å². The van der Waals surface area contributed by atoms with Crippen molar-refractivity contribution in [1.82, 2.24) is 9.88 Å². The zero-order valence-corrected chi connectivity index (χ0v) is 18.6. The van der Waals surface area contributed by atoms with Crippen LogP contribution in [0, 0.1) is 5.41 Å². The Balaban J connectivity index is 1.55. The van der Waals surface area contributed by atoms with Crippen molar-refractivity contribution < 1.29 is 4.79 Å². The van der Waals surface area contributed by atoms with Crippen molar-refractivity contribution in [1.29, 1.82) is 5.41 Å². The lowest BCUT2D eigenvalue weighted by Crippen LogP contribution is -2.41. The minimum absolute atomic E-state index is 0.0187. The van der Waals surface area contributed by atoms with Crippen molar-refractivity contribution in [2.45, 2.75) is 44.3 Å². The Kier molecular flexibility index (Phi) is 5.45. The van der Waals surface area contributed by atoms with Crippen LogP contribution >= 0.6 is 11.3 Å². The normalized spacial score (nSPS) is 18.8. The summed E-state index contributed by atoms with van der Waals surface area (Å²) in [5, 5.41) is 15.4. The molecule has 6 nitrogen and oxygen atoms in total. The molecule has 0 unspecified atom stereocenters. The lowest BCUT2D eigenvalue weighted by atomic mass is 9.92. The molecule has 1 aliphatic rings. The zero-order chi connectivity index (χ0) is 22.2. The number of fused-ring (bicyclic) bond motifs is 2. The van der Waals surface area contributed by atoms with Gasteiger partial charge in [0.15, 0.2) is 0 Å². The largest absolute Gasteiger partial charge is 0.384 e. The van der Waals surface area contributed by atoms with Gasteiger partial charge in [-0.2, -0.15) is 0 Å². The van der Waals surface area contributed by atoms with Crippen molar-refractivity contribution in [2.75, 3.05) is 0 Å². The molecule has 1 amide bonds. The first kappa shape index (κ1) is 20.7. The second-order valence-corrected chi connectivity index (χ2v) is 9.56. The van der Waals surface area contributed by atoms with Gasteiger partial charge in [0.05, 0.1) is 0 Å². The average Bonchev–Trinajstić information content (AvgIpc) is 3.37. The Bertz CT molecular complexity index is 1310. The van der Waals surface area contributed by atoms with Gasteiger partial charge >= 0.3 is 0 Å². The molecule has 1 fully saturated rings. The van der Waals surface area contributed by atoms with E-state index < -0.39 is 0 Å². The Morgan fingerprint density at radius 3 is 2.69 bits per heavy atom. The lowest BCUT2D eigenvalue weighted by Gasteiger charge is -2.27. The van der Waals surface area contributed by atoms with Gasteiger partial charge in [-0.05, 0) is 60.2 Å². The Labute approximate surface area is 190 Å². The molecule has 5 rings (SSSR count). The van der Waals surface area contributed by atoms with Crippen molar-refractivity contribution in [3.05, 3.63) is 70.7 Å². The third kappa shape index (κ3) is 3.89. The number of hydrogen-bond acceptors (Lipinski definition) is 4. The molecule has 2 heterocycles. The number of rotatable bonds is 5. The fourth-order valence-corrected chi connectivity index (χ4v) is 5.58. The first-order chi connectivity index (χ1) is 15.5. The number of carbonyl (C=O) groups excluding carboxylic acids is 1. The molecule has 164 valence electrons. The standard InChI is InChI=1S/C25H27N5OS/c26-18-7-9-19(10-8-18)29-25(31)22-11-15-5-6-16(24(27)28)12-21(15)30(22)13-17-14-32-23-4-2-1-3-20(17)23/h1-6,11-12,14,18-19H,7-10,13,26H2,(H3,27,28)(H,29,31). The number of nitrogens with two attached hydrogens (primary N) is 2. The number of nitrogens with one attached hydrogen (secondary N) is 2. The number of amidine groups is 1. The third-order valence-corrected chi connectivity index (χ3v) is 7.46. The topological polar surface area (TPSA) is 110 Å². The van der Waals surface area contributed by atoms with Crippen LogP contribution in [0.3, 0.4) is 0 Å². The number of carbonyl (C=O) groups is 1. The van der Waals surface area contributed by atoms with Gasteiger partial charge < -0.3 is 21.4 Å². The van der Waals surface area contributed by atoms with Crippen molar-refractivity contribution >= 4 is 44.1 Å². The quantitative estimate of drug-likeness (QED) is 0.273. The lowest BCUT2D eigenvalue weighted by molar-refractivity contribution is 0.0917. The predicted octanol–water partition coefficient (Wildman–Crippen LogP) is 4.19. The van der Waals surface area contributed by atoms with E-state index in [4.69, 9.17) is 16.9 Å². The van der Waals surface area contributed by atoms with E-state index in [-0.39, 0.29) is 23.8 Å². The smallest absolute Gasteiger partial charge is 0.268 e. The van der Waals surface area contributed by atoms with Crippen LogP contribution in [-0.4, -0.2) is 28.4 Å². The second-order valence-electron chi connectivity index (χ2n) is 8.65. The molecule has 0 bridgehead atoms. The van der Waals surface area contributed by atoms with Gasteiger partial charge in [-0.3, -0.25) is 10.2 Å². The molecular weight excluding hydrogens is 418 g/mol. The first-order valence-electron chi connectivity index (χ1n) is 11.0. The molecule has 0 atom stereocenters. The summed E-state index contributed by atoms with van der Waals surface area (Å²) in [4.78, 5) is 13.4. The van der Waals surface area contributed by atoms with Crippen LogP contribution in [0.5, 0.6) is 0 Å². The highest BCUT2D eigenvalue weighted by Crippen LogP contribution is 2.29. The van der Waals surface area contributed by atoms with Gasteiger partial charge in [0.25, 0.3) is 5.91 Å². The van der Waals surface area contributed by atoms with Gasteiger partial charge in [0.2, 0.25) is 0 Å². The van der Waals surface area contributed by atoms with Crippen LogP contribution in [0.15, 0.2) is 53.9 Å². The number of benzene rings is 2. The van der Waals surface area contributed by atoms with Gasteiger partial charge in [-0.25, -0.2) is 0 Å². The summed E-state index contributed by atoms with van der Waals surface area (Å²) in [5.41, 5.74) is 15.1. The van der Waals surface area contributed by atoms with E-state index in [1.807, 2.05) is 36.4 Å². The number of aromatic nitrogens is 1. The number of nitrogen functional groups attached to an aromatic ring is 1. The minimum atomic E-state index is -0.0643. The molecule has 4 aromatic rings. The van der Waals surface area contributed by atoms with E-state index >= 15 is 0 Å². The molecule has 0 spiro atoms. The average molecular weight is 446 g/mol. The molecule has 2 aromatic heterocycles. The molecule has 1 aliphatic carbocycles. The number of amides is 1.